The van der Waals surface area contributed by atoms with Gasteiger partial charge >= 0.3 is 0 Å². The van der Waals surface area contributed by atoms with Gasteiger partial charge in [0.05, 0.1) is 24.2 Å². The quantitative estimate of drug-likeness (QED) is 0.213. The summed E-state index contributed by atoms with van der Waals surface area (Å²) in [5, 5.41) is 4.25. The maximum atomic E-state index is 13.1. The van der Waals surface area contributed by atoms with E-state index in [0.29, 0.717) is 55.4 Å². The third-order valence-electron chi connectivity index (χ3n) is 7.70. The summed E-state index contributed by atoms with van der Waals surface area (Å²) in [4.78, 5) is 46.3. The molecule has 4 heterocycles. The number of aromatic nitrogens is 2. The molecule has 2 amide bonds. The van der Waals surface area contributed by atoms with E-state index in [1.807, 2.05) is 37.3 Å². The molecule has 220 valence electrons. The number of hydrogen-bond donors (Lipinski definition) is 1. The van der Waals surface area contributed by atoms with Crippen LogP contribution in [0.5, 0.6) is 5.75 Å². The third-order valence-corrected chi connectivity index (χ3v) is 7.70. The summed E-state index contributed by atoms with van der Waals surface area (Å²) in [7, 11) is 1.70. The van der Waals surface area contributed by atoms with Crippen molar-refractivity contribution < 1.29 is 18.7 Å². The van der Waals surface area contributed by atoms with Gasteiger partial charge < -0.3 is 28.8 Å². The number of nitrogens with zero attached hydrogens (tertiary/aromatic N) is 4. The van der Waals surface area contributed by atoms with Crippen molar-refractivity contribution in [2.75, 3.05) is 36.5 Å². The van der Waals surface area contributed by atoms with Crippen molar-refractivity contribution >= 4 is 34.2 Å². The van der Waals surface area contributed by atoms with Crippen LogP contribution >= 0.6 is 0 Å². The molecule has 0 bridgehead atoms. The Kier molecular flexibility index (Phi) is 8.44. The lowest BCUT2D eigenvalue weighted by molar-refractivity contribution is -0.137. The van der Waals surface area contributed by atoms with Crippen LogP contribution in [0, 0.1) is 5.41 Å². The molecule has 0 saturated heterocycles. The lowest BCUT2D eigenvalue weighted by Gasteiger charge is -2.27. The third kappa shape index (κ3) is 5.80. The van der Waals surface area contributed by atoms with Crippen LogP contribution in [0.3, 0.4) is 0 Å². The van der Waals surface area contributed by atoms with Gasteiger partial charge in [-0.15, -0.1) is 0 Å². The van der Waals surface area contributed by atoms with Gasteiger partial charge in [0.25, 0.3) is 5.56 Å². The molecule has 4 aromatic rings. The number of benzene rings is 1. The minimum atomic E-state index is -1.14. The molecule has 0 fully saturated rings. The number of pyridine rings is 2. The van der Waals surface area contributed by atoms with Gasteiger partial charge in [-0.2, -0.15) is 0 Å². The van der Waals surface area contributed by atoms with Gasteiger partial charge in [0, 0.05) is 62.6 Å². The molecule has 1 N–H and O–H groups in total. The van der Waals surface area contributed by atoms with Crippen LogP contribution in [0.1, 0.15) is 38.4 Å². The first-order valence-corrected chi connectivity index (χ1v) is 14.3. The maximum absolute atomic E-state index is 13.1. The summed E-state index contributed by atoms with van der Waals surface area (Å²) in [5.74, 6) is 0.208. The highest BCUT2D eigenvalue weighted by Crippen LogP contribution is 2.40. The van der Waals surface area contributed by atoms with Crippen LogP contribution in [0.4, 0.5) is 11.4 Å². The van der Waals surface area contributed by atoms with E-state index < -0.39 is 5.41 Å². The Bertz CT molecular complexity index is 1660. The lowest BCUT2D eigenvalue weighted by Crippen LogP contribution is -2.47. The summed E-state index contributed by atoms with van der Waals surface area (Å²) in [6, 6.07) is 13.2. The average molecular weight is 572 g/mol. The summed E-state index contributed by atoms with van der Waals surface area (Å²) in [6.07, 6.45) is 6.54. The van der Waals surface area contributed by atoms with E-state index in [0.717, 1.165) is 29.6 Å². The van der Waals surface area contributed by atoms with Crippen LogP contribution in [0.25, 0.3) is 11.0 Å². The molecule has 10 heteroatoms. The number of furan rings is 1. The highest BCUT2D eigenvalue weighted by atomic mass is 16.5. The van der Waals surface area contributed by atoms with Gasteiger partial charge in [-0.1, -0.05) is 0 Å². The second-order valence-electron chi connectivity index (χ2n) is 11.0. The molecule has 1 aliphatic rings. The van der Waals surface area contributed by atoms with E-state index in [1.54, 1.807) is 53.7 Å². The lowest BCUT2D eigenvalue weighted by atomic mass is 9.90. The molecular weight excluding hydrogens is 534 g/mol. The first-order chi connectivity index (χ1) is 20.2. The van der Waals surface area contributed by atoms with E-state index in [9.17, 15) is 14.4 Å². The van der Waals surface area contributed by atoms with E-state index >= 15 is 0 Å². The number of anilines is 2. The van der Waals surface area contributed by atoms with Crippen molar-refractivity contribution in [3.05, 3.63) is 82.7 Å². The number of carbonyl (C=O) groups excluding carboxylic acids is 2. The summed E-state index contributed by atoms with van der Waals surface area (Å²) in [6.45, 7) is 8.20. The number of amides is 2. The molecule has 5 rings (SSSR count). The van der Waals surface area contributed by atoms with E-state index in [-0.39, 0.29) is 17.4 Å². The van der Waals surface area contributed by atoms with Crippen molar-refractivity contribution in [1.82, 2.24) is 14.9 Å². The normalized spacial score (nSPS) is 14.8. The standard InChI is InChI=1S/C32H37N5O5/c1-5-37-26-8-7-25(20-27(26)35(4)30(39)32(2,3)31(37)40)41-17-6-13-33-21-22-9-14-34-24(19-22)11-16-36-15-10-23-12-18-42-28(23)29(36)38/h7-10,12,14-15,18-20,33H,5-6,11,13,16-17,21H2,1-4H3. The summed E-state index contributed by atoms with van der Waals surface area (Å²) < 4.78 is 13.0. The molecule has 10 nitrogen and oxygen atoms in total. The Balaban J connectivity index is 1.10. The Morgan fingerprint density at radius 3 is 2.67 bits per heavy atom. The summed E-state index contributed by atoms with van der Waals surface area (Å²) >= 11 is 0. The highest BCUT2D eigenvalue weighted by molar-refractivity contribution is 6.20. The molecule has 0 radical (unpaired) electrons. The number of nitrogens with one attached hydrogen (secondary N) is 1. The van der Waals surface area contributed by atoms with Gasteiger partial charge in [0.1, 0.15) is 11.2 Å². The number of aryl methyl sites for hydroxylation is 2. The topological polar surface area (TPSA) is 110 Å². The van der Waals surface area contributed by atoms with Crippen LogP contribution in [0.15, 0.2) is 70.3 Å². The summed E-state index contributed by atoms with van der Waals surface area (Å²) in [5.41, 5.74) is 2.51. The van der Waals surface area contributed by atoms with Crippen molar-refractivity contribution in [2.24, 2.45) is 5.41 Å². The molecule has 0 aliphatic carbocycles. The Labute approximate surface area is 244 Å². The smallest absolute Gasteiger partial charge is 0.294 e. The highest BCUT2D eigenvalue weighted by Gasteiger charge is 2.45. The fourth-order valence-corrected chi connectivity index (χ4v) is 5.27. The Hall–Kier alpha value is -4.44. The van der Waals surface area contributed by atoms with E-state index in [1.165, 1.54) is 6.26 Å². The van der Waals surface area contributed by atoms with Crippen LogP contribution in [0.2, 0.25) is 0 Å². The molecule has 3 aromatic heterocycles. The van der Waals surface area contributed by atoms with Gasteiger partial charge in [0.15, 0.2) is 5.58 Å². The number of rotatable bonds is 11. The van der Waals surface area contributed by atoms with Gasteiger partial charge in [-0.3, -0.25) is 19.4 Å². The molecule has 0 atom stereocenters. The average Bonchev–Trinajstić information content (AvgIpc) is 3.47. The minimum Gasteiger partial charge on any atom is -0.493 e. The fraction of sp³-hybridized carbons (Fsp3) is 0.375. The van der Waals surface area contributed by atoms with Gasteiger partial charge in [0.2, 0.25) is 11.8 Å². The molecule has 42 heavy (non-hydrogen) atoms. The van der Waals surface area contributed by atoms with E-state index in [2.05, 4.69) is 16.4 Å². The second-order valence-corrected chi connectivity index (χ2v) is 11.0. The molecular formula is C32H37N5O5. The number of carbonyl (C=O) groups is 2. The van der Waals surface area contributed by atoms with Gasteiger partial charge in [-0.05, 0) is 75.7 Å². The predicted molar refractivity (Wildman–Crippen MR) is 162 cm³/mol. The zero-order valence-electron chi connectivity index (χ0n) is 24.6. The second kappa shape index (κ2) is 12.2. The van der Waals surface area contributed by atoms with Gasteiger partial charge in [-0.25, -0.2) is 0 Å². The first-order valence-electron chi connectivity index (χ1n) is 14.3. The van der Waals surface area contributed by atoms with Crippen molar-refractivity contribution in [2.45, 2.75) is 46.7 Å². The van der Waals surface area contributed by atoms with Crippen LogP contribution in [-0.2, 0) is 29.1 Å². The zero-order chi connectivity index (χ0) is 29.9. The first kappa shape index (κ1) is 29.1. The number of fused-ring (bicyclic) bond motifs is 2. The molecule has 1 aromatic carbocycles. The minimum absolute atomic E-state index is 0.133. The van der Waals surface area contributed by atoms with Crippen LogP contribution in [-0.4, -0.2) is 48.1 Å². The van der Waals surface area contributed by atoms with E-state index in [4.69, 9.17) is 9.15 Å². The predicted octanol–water partition coefficient (Wildman–Crippen LogP) is 4.15. The largest absolute Gasteiger partial charge is 0.493 e. The molecule has 0 spiro atoms. The molecule has 0 unspecified atom stereocenters. The maximum Gasteiger partial charge on any atom is 0.294 e. The molecule has 0 saturated carbocycles. The Morgan fingerprint density at radius 2 is 1.86 bits per heavy atom. The fourth-order valence-electron chi connectivity index (χ4n) is 5.27. The van der Waals surface area contributed by atoms with Crippen molar-refractivity contribution in [3.63, 3.8) is 0 Å². The monoisotopic (exact) mass is 571 g/mol. The van der Waals surface area contributed by atoms with Crippen LogP contribution < -0.4 is 25.4 Å². The SMILES string of the molecule is CCN1C(=O)C(C)(C)C(=O)N(C)c2cc(OCCCNCc3ccnc(CCn4ccc5ccoc5c4=O)c3)ccc21. The number of ether oxygens (including phenoxy) is 1. The molecule has 1 aliphatic heterocycles. The zero-order valence-corrected chi connectivity index (χ0v) is 24.6. The van der Waals surface area contributed by atoms with Crippen molar-refractivity contribution in [3.8, 4) is 5.75 Å². The van der Waals surface area contributed by atoms with Crippen molar-refractivity contribution in [1.29, 1.82) is 0 Å². The number of hydrogen-bond acceptors (Lipinski definition) is 7. The Morgan fingerprint density at radius 1 is 1.02 bits per heavy atom.